The molecule has 6 nitrogen and oxygen atoms in total. The number of carbonyl (C=O) groups is 1. The summed E-state index contributed by atoms with van der Waals surface area (Å²) in [5.41, 5.74) is 2.62. The van der Waals surface area contributed by atoms with Gasteiger partial charge in [-0.15, -0.1) is 11.3 Å². The van der Waals surface area contributed by atoms with Gasteiger partial charge in [0.15, 0.2) is 5.13 Å². The Bertz CT molecular complexity index is 980. The van der Waals surface area contributed by atoms with E-state index in [-0.39, 0.29) is 0 Å². The summed E-state index contributed by atoms with van der Waals surface area (Å²) in [5.74, 6) is 0.502. The van der Waals surface area contributed by atoms with E-state index < -0.39 is 6.03 Å². The number of nitrogens with zero attached hydrogens (tertiary/aromatic N) is 2. The topological polar surface area (TPSA) is 87.0 Å². The van der Waals surface area contributed by atoms with E-state index in [1.807, 2.05) is 17.5 Å². The van der Waals surface area contributed by atoms with Crippen LogP contribution in [0.5, 0.6) is 5.75 Å². The third kappa shape index (κ3) is 4.11. The van der Waals surface area contributed by atoms with Crippen molar-refractivity contribution in [1.82, 2.24) is 4.98 Å². The van der Waals surface area contributed by atoms with Gasteiger partial charge in [-0.2, -0.15) is 5.26 Å². The molecular formula is C18H13ClN4O2S. The van der Waals surface area contributed by atoms with E-state index in [4.69, 9.17) is 21.6 Å². The maximum atomic E-state index is 12.2. The highest BCUT2D eigenvalue weighted by Crippen LogP contribution is 2.28. The molecule has 0 saturated heterocycles. The number of rotatable bonds is 4. The van der Waals surface area contributed by atoms with Crippen LogP contribution in [0.4, 0.5) is 15.6 Å². The van der Waals surface area contributed by atoms with Crippen molar-refractivity contribution in [2.24, 2.45) is 0 Å². The van der Waals surface area contributed by atoms with Crippen LogP contribution in [0.25, 0.3) is 11.3 Å². The van der Waals surface area contributed by atoms with Gasteiger partial charge in [0.05, 0.1) is 30.1 Å². The number of urea groups is 1. The van der Waals surface area contributed by atoms with Crippen LogP contribution >= 0.6 is 22.9 Å². The molecule has 1 heterocycles. The predicted octanol–water partition coefficient (Wildman–Crippen LogP) is 4.99. The molecule has 3 rings (SSSR count). The quantitative estimate of drug-likeness (QED) is 0.663. The summed E-state index contributed by atoms with van der Waals surface area (Å²) in [6.45, 7) is 0. The lowest BCUT2D eigenvalue weighted by Gasteiger charge is -2.10. The van der Waals surface area contributed by atoms with E-state index in [2.05, 4.69) is 21.7 Å². The lowest BCUT2D eigenvalue weighted by molar-refractivity contribution is 0.262. The minimum atomic E-state index is -0.453. The van der Waals surface area contributed by atoms with E-state index in [0.29, 0.717) is 27.2 Å². The smallest absolute Gasteiger partial charge is 0.325 e. The van der Waals surface area contributed by atoms with Crippen LogP contribution in [0.2, 0.25) is 5.02 Å². The van der Waals surface area contributed by atoms with Gasteiger partial charge in [-0.1, -0.05) is 23.7 Å². The summed E-state index contributed by atoms with van der Waals surface area (Å²) < 4.78 is 5.20. The van der Waals surface area contributed by atoms with Gasteiger partial charge < -0.3 is 10.1 Å². The first kappa shape index (κ1) is 17.7. The summed E-state index contributed by atoms with van der Waals surface area (Å²) in [6.07, 6.45) is 0. The summed E-state index contributed by atoms with van der Waals surface area (Å²) in [4.78, 5) is 16.6. The first-order chi connectivity index (χ1) is 12.6. The Balaban J connectivity index is 1.70. The first-order valence-electron chi connectivity index (χ1n) is 7.46. The standard InChI is InChI=1S/C18H13ClN4O2S/c1-25-16-7-6-13(19)8-14(16)21-17(24)23-18-22-15(10-26-18)12-4-2-11(9-20)3-5-12/h2-8,10H,1H3,(H2,21,22,23,24). The number of methoxy groups -OCH3 is 1. The van der Waals surface area contributed by atoms with Crippen molar-refractivity contribution in [2.75, 3.05) is 17.7 Å². The molecule has 0 aliphatic heterocycles. The number of ether oxygens (including phenoxy) is 1. The Morgan fingerprint density at radius 1 is 1.23 bits per heavy atom. The molecule has 1 aromatic heterocycles. The van der Waals surface area contributed by atoms with Crippen molar-refractivity contribution < 1.29 is 9.53 Å². The van der Waals surface area contributed by atoms with Crippen molar-refractivity contribution in [3.63, 3.8) is 0 Å². The van der Waals surface area contributed by atoms with Gasteiger partial charge in [0, 0.05) is 16.0 Å². The molecular weight excluding hydrogens is 372 g/mol. The summed E-state index contributed by atoms with van der Waals surface area (Å²) in [5, 5.41) is 17.0. The number of nitrogens with one attached hydrogen (secondary N) is 2. The van der Waals surface area contributed by atoms with Gasteiger partial charge in [0.25, 0.3) is 0 Å². The highest BCUT2D eigenvalue weighted by molar-refractivity contribution is 7.14. The number of amides is 2. The monoisotopic (exact) mass is 384 g/mol. The van der Waals surface area contributed by atoms with Gasteiger partial charge in [0.2, 0.25) is 0 Å². The number of thiazole rings is 1. The van der Waals surface area contributed by atoms with Crippen LogP contribution in [-0.2, 0) is 0 Å². The fraction of sp³-hybridized carbons (Fsp3) is 0.0556. The molecule has 130 valence electrons. The molecule has 0 bridgehead atoms. The minimum absolute atomic E-state index is 0.447. The molecule has 0 aliphatic rings. The molecule has 0 fully saturated rings. The Labute approximate surface area is 159 Å². The molecule has 0 atom stereocenters. The van der Waals surface area contributed by atoms with Crippen LogP contribution in [-0.4, -0.2) is 18.1 Å². The molecule has 0 saturated carbocycles. The third-order valence-corrected chi connectivity index (χ3v) is 4.44. The molecule has 0 aliphatic carbocycles. The maximum absolute atomic E-state index is 12.2. The van der Waals surface area contributed by atoms with E-state index >= 15 is 0 Å². The second-order valence-electron chi connectivity index (χ2n) is 5.15. The second-order valence-corrected chi connectivity index (χ2v) is 6.45. The van der Waals surface area contributed by atoms with Gasteiger partial charge in [-0.3, -0.25) is 5.32 Å². The largest absolute Gasteiger partial charge is 0.495 e. The van der Waals surface area contributed by atoms with Crippen LogP contribution in [0, 0.1) is 11.3 Å². The lowest BCUT2D eigenvalue weighted by atomic mass is 10.1. The van der Waals surface area contributed by atoms with Crippen LogP contribution in [0.1, 0.15) is 5.56 Å². The summed E-state index contributed by atoms with van der Waals surface area (Å²) in [7, 11) is 1.51. The zero-order valence-electron chi connectivity index (χ0n) is 13.6. The Hall–Kier alpha value is -3.08. The van der Waals surface area contributed by atoms with Crippen molar-refractivity contribution in [2.45, 2.75) is 0 Å². The highest BCUT2D eigenvalue weighted by Gasteiger charge is 2.11. The number of aromatic nitrogens is 1. The normalized spacial score (nSPS) is 10.0. The van der Waals surface area contributed by atoms with Crippen molar-refractivity contribution >= 4 is 39.8 Å². The zero-order valence-corrected chi connectivity index (χ0v) is 15.2. The molecule has 0 spiro atoms. The van der Waals surface area contributed by atoms with Crippen molar-refractivity contribution in [1.29, 1.82) is 5.26 Å². The van der Waals surface area contributed by atoms with Gasteiger partial charge in [-0.25, -0.2) is 9.78 Å². The molecule has 2 amide bonds. The number of carbonyl (C=O) groups excluding carboxylic acids is 1. The number of anilines is 2. The average Bonchev–Trinajstić information content (AvgIpc) is 3.10. The number of hydrogen-bond acceptors (Lipinski definition) is 5. The molecule has 2 aromatic carbocycles. The molecule has 0 radical (unpaired) electrons. The van der Waals surface area contributed by atoms with Gasteiger partial charge in [-0.05, 0) is 30.3 Å². The lowest BCUT2D eigenvalue weighted by Crippen LogP contribution is -2.19. The number of nitriles is 1. The van der Waals surface area contributed by atoms with Crippen LogP contribution in [0.15, 0.2) is 47.8 Å². The Kier molecular flexibility index (Phi) is 5.37. The van der Waals surface area contributed by atoms with E-state index in [1.54, 1.807) is 30.3 Å². The van der Waals surface area contributed by atoms with Crippen LogP contribution < -0.4 is 15.4 Å². The number of hydrogen-bond donors (Lipinski definition) is 2. The van der Waals surface area contributed by atoms with E-state index in [0.717, 1.165) is 11.3 Å². The SMILES string of the molecule is COc1ccc(Cl)cc1NC(=O)Nc1nc(-c2ccc(C#N)cc2)cs1. The average molecular weight is 385 g/mol. The van der Waals surface area contributed by atoms with Crippen LogP contribution in [0.3, 0.4) is 0 Å². The fourth-order valence-electron chi connectivity index (χ4n) is 2.21. The fourth-order valence-corrected chi connectivity index (χ4v) is 3.09. The minimum Gasteiger partial charge on any atom is -0.495 e. The van der Waals surface area contributed by atoms with Gasteiger partial charge in [0.1, 0.15) is 5.75 Å². The molecule has 8 heteroatoms. The van der Waals surface area contributed by atoms with E-state index in [1.165, 1.54) is 18.4 Å². The molecule has 26 heavy (non-hydrogen) atoms. The molecule has 0 unspecified atom stereocenters. The zero-order chi connectivity index (χ0) is 18.5. The predicted molar refractivity (Wildman–Crippen MR) is 103 cm³/mol. The van der Waals surface area contributed by atoms with Crippen molar-refractivity contribution in [3.05, 3.63) is 58.4 Å². The molecule has 2 N–H and O–H groups in total. The maximum Gasteiger partial charge on any atom is 0.325 e. The Morgan fingerprint density at radius 2 is 2.00 bits per heavy atom. The third-order valence-electron chi connectivity index (χ3n) is 3.44. The first-order valence-corrected chi connectivity index (χ1v) is 8.72. The Morgan fingerprint density at radius 3 is 2.69 bits per heavy atom. The summed E-state index contributed by atoms with van der Waals surface area (Å²) >= 11 is 7.25. The highest BCUT2D eigenvalue weighted by atomic mass is 35.5. The number of benzene rings is 2. The second kappa shape index (κ2) is 7.87. The van der Waals surface area contributed by atoms with Crippen molar-refractivity contribution in [3.8, 4) is 23.1 Å². The van der Waals surface area contributed by atoms with Gasteiger partial charge >= 0.3 is 6.03 Å². The molecule has 3 aromatic rings. The summed E-state index contributed by atoms with van der Waals surface area (Å²) in [6, 6.07) is 13.6. The number of halogens is 1. The van der Waals surface area contributed by atoms with E-state index in [9.17, 15) is 4.79 Å².